The van der Waals surface area contributed by atoms with Crippen LogP contribution in [0.1, 0.15) is 18.1 Å². The van der Waals surface area contributed by atoms with E-state index in [9.17, 15) is 14.4 Å². The average Bonchev–Trinajstić information content (AvgIpc) is 3.35. The normalized spacial score (nSPS) is 13.6. The van der Waals surface area contributed by atoms with Crippen molar-refractivity contribution < 1.29 is 18.9 Å². The van der Waals surface area contributed by atoms with Gasteiger partial charge in [-0.05, 0) is 36.2 Å². The van der Waals surface area contributed by atoms with Crippen molar-refractivity contribution in [2.24, 2.45) is 7.05 Å². The molecule has 180 valence electrons. The summed E-state index contributed by atoms with van der Waals surface area (Å²) in [5.74, 6) is -0.487. The molecule has 8 nitrogen and oxygen atoms in total. The van der Waals surface area contributed by atoms with Gasteiger partial charge in [-0.3, -0.25) is 24.2 Å². The van der Waals surface area contributed by atoms with Gasteiger partial charge >= 0.3 is 5.91 Å². The van der Waals surface area contributed by atoms with Crippen LogP contribution in [0, 0.1) is 0 Å². The number of benzene rings is 2. The zero-order valence-corrected chi connectivity index (χ0v) is 20.2. The van der Waals surface area contributed by atoms with Gasteiger partial charge in [0.1, 0.15) is 11.3 Å². The number of hydrogen-bond donors (Lipinski definition) is 1. The molecule has 0 bridgehead atoms. The molecule has 4 aromatic rings. The number of ether oxygens (including phenoxy) is 1. The Bertz CT molecular complexity index is 1550. The van der Waals surface area contributed by atoms with E-state index in [0.717, 1.165) is 22.4 Å². The lowest BCUT2D eigenvalue weighted by atomic mass is 10.0. The van der Waals surface area contributed by atoms with Crippen molar-refractivity contribution >= 4 is 28.8 Å². The molecule has 3 heterocycles. The van der Waals surface area contributed by atoms with Crippen LogP contribution in [-0.2, 0) is 23.1 Å². The number of aromatic amines is 1. The highest BCUT2D eigenvalue weighted by Gasteiger charge is 2.48. The number of pyridine rings is 1. The standard InChI is InChI=1S/C28H24N4O4/c1-4-18-14-16-31(17-15-18)25-23(22-24(29-30(2)26(22)33)19-8-6-5-7-9-19)27(34)32(28(25)35)20-10-12-21(36-3)13-11-20/h5-17H,4H2,1-3H3/p+1. The highest BCUT2D eigenvalue weighted by molar-refractivity contribution is 6.53. The van der Waals surface area contributed by atoms with Gasteiger partial charge in [0.2, 0.25) is 0 Å². The summed E-state index contributed by atoms with van der Waals surface area (Å²) in [4.78, 5) is 42.3. The van der Waals surface area contributed by atoms with Gasteiger partial charge in [0, 0.05) is 24.7 Å². The van der Waals surface area contributed by atoms with Crippen LogP contribution in [0.5, 0.6) is 5.75 Å². The maximum absolute atomic E-state index is 14.0. The molecule has 1 N–H and O–H groups in total. The van der Waals surface area contributed by atoms with Gasteiger partial charge in [0.25, 0.3) is 17.2 Å². The molecule has 5 rings (SSSR count). The highest BCUT2D eigenvalue weighted by Crippen LogP contribution is 2.36. The number of carbonyl (C=O) groups is 2. The predicted molar refractivity (Wildman–Crippen MR) is 136 cm³/mol. The summed E-state index contributed by atoms with van der Waals surface area (Å²) < 4.78 is 8.15. The summed E-state index contributed by atoms with van der Waals surface area (Å²) in [5.41, 5.74) is 2.59. The van der Waals surface area contributed by atoms with E-state index in [-0.39, 0.29) is 16.8 Å². The van der Waals surface area contributed by atoms with Gasteiger partial charge in [0.05, 0.1) is 24.1 Å². The van der Waals surface area contributed by atoms with Crippen LogP contribution in [0.25, 0.3) is 22.5 Å². The molecule has 0 spiro atoms. The first-order valence-corrected chi connectivity index (χ1v) is 11.6. The van der Waals surface area contributed by atoms with Crippen molar-refractivity contribution in [1.29, 1.82) is 0 Å². The third kappa shape index (κ3) is 3.73. The number of methoxy groups -OCH3 is 1. The topological polar surface area (TPSA) is 88.3 Å². The quantitative estimate of drug-likeness (QED) is 0.339. The fraction of sp³-hybridized carbons (Fsp3) is 0.143. The largest absolute Gasteiger partial charge is 0.497 e. The molecule has 2 aromatic carbocycles. The second kappa shape index (κ2) is 9.14. The van der Waals surface area contributed by atoms with Crippen molar-refractivity contribution in [3.63, 3.8) is 0 Å². The molecule has 1 aliphatic heterocycles. The van der Waals surface area contributed by atoms with Crippen LogP contribution in [0.15, 0.2) is 83.9 Å². The lowest BCUT2D eigenvalue weighted by Crippen LogP contribution is -2.39. The van der Waals surface area contributed by atoms with Gasteiger partial charge in [0.15, 0.2) is 12.4 Å². The molecule has 0 saturated carbocycles. The fourth-order valence-corrected chi connectivity index (χ4v) is 4.39. The minimum Gasteiger partial charge on any atom is -0.497 e. The van der Waals surface area contributed by atoms with E-state index >= 15 is 0 Å². The van der Waals surface area contributed by atoms with E-state index in [1.54, 1.807) is 55.4 Å². The number of H-pyrrole nitrogens is 1. The smallest absolute Gasteiger partial charge is 0.331 e. The number of imide groups is 1. The predicted octanol–water partition coefficient (Wildman–Crippen LogP) is 3.18. The Labute approximate surface area is 207 Å². The van der Waals surface area contributed by atoms with Gasteiger partial charge in [-0.2, -0.15) is 4.57 Å². The Kier molecular flexibility index (Phi) is 5.85. The molecule has 8 heteroatoms. The van der Waals surface area contributed by atoms with E-state index in [0.29, 0.717) is 17.1 Å². The molecule has 0 aliphatic carbocycles. The summed E-state index contributed by atoms with van der Waals surface area (Å²) in [6.07, 6.45) is 4.32. The molecule has 0 saturated heterocycles. The highest BCUT2D eigenvalue weighted by atomic mass is 16.5. The molecule has 1 aliphatic rings. The lowest BCUT2D eigenvalue weighted by molar-refractivity contribution is -0.576. The summed E-state index contributed by atoms with van der Waals surface area (Å²) in [6, 6.07) is 19.7. The minimum atomic E-state index is -0.568. The molecule has 2 amide bonds. The number of aromatic nitrogens is 3. The van der Waals surface area contributed by atoms with Gasteiger partial charge in [-0.1, -0.05) is 37.3 Å². The zero-order valence-electron chi connectivity index (χ0n) is 20.2. The van der Waals surface area contributed by atoms with Crippen molar-refractivity contribution in [2.45, 2.75) is 13.3 Å². The molecular formula is C28H25N4O4+. The van der Waals surface area contributed by atoms with E-state index in [1.807, 2.05) is 49.4 Å². The third-order valence-corrected chi connectivity index (χ3v) is 6.32. The fourth-order valence-electron chi connectivity index (χ4n) is 4.39. The second-order valence-electron chi connectivity index (χ2n) is 8.43. The van der Waals surface area contributed by atoms with E-state index < -0.39 is 17.4 Å². The number of nitrogens with zero attached hydrogens (tertiary/aromatic N) is 3. The Morgan fingerprint density at radius 1 is 0.889 bits per heavy atom. The van der Waals surface area contributed by atoms with Crippen molar-refractivity contribution in [3.8, 4) is 17.0 Å². The Morgan fingerprint density at radius 2 is 1.56 bits per heavy atom. The number of anilines is 1. The molecule has 0 fully saturated rings. The first-order chi connectivity index (χ1) is 17.4. The number of hydrogen-bond acceptors (Lipinski definition) is 4. The molecule has 0 atom stereocenters. The molecule has 0 unspecified atom stereocenters. The SMILES string of the molecule is CCc1cc[n+](C2=C(c3c(-c4ccccc4)[nH]n(C)c3=O)C(=O)N(c3ccc(OC)cc3)C2=O)cc1. The lowest BCUT2D eigenvalue weighted by Gasteiger charge is -2.14. The van der Waals surface area contributed by atoms with Crippen molar-refractivity contribution in [2.75, 3.05) is 12.0 Å². The zero-order chi connectivity index (χ0) is 25.4. The average molecular weight is 482 g/mol. The van der Waals surface area contributed by atoms with Gasteiger partial charge in [-0.25, -0.2) is 4.90 Å². The number of carbonyl (C=O) groups excluding carboxylic acids is 2. The first-order valence-electron chi connectivity index (χ1n) is 11.6. The Morgan fingerprint density at radius 3 is 2.17 bits per heavy atom. The summed E-state index contributed by atoms with van der Waals surface area (Å²) in [6.45, 7) is 2.04. The van der Waals surface area contributed by atoms with Gasteiger partial charge in [-0.15, -0.1) is 0 Å². The maximum Gasteiger partial charge on any atom is 0.331 e. The first kappa shape index (κ1) is 23.0. The van der Waals surface area contributed by atoms with Crippen LogP contribution in [-0.4, -0.2) is 28.7 Å². The molecule has 0 radical (unpaired) electrons. The molecule has 36 heavy (non-hydrogen) atoms. The van der Waals surface area contributed by atoms with Gasteiger partial charge < -0.3 is 4.74 Å². The maximum atomic E-state index is 14.0. The monoisotopic (exact) mass is 481 g/mol. The summed E-state index contributed by atoms with van der Waals surface area (Å²) in [5, 5.41) is 3.06. The van der Waals surface area contributed by atoms with Crippen molar-refractivity contribution in [1.82, 2.24) is 9.78 Å². The number of aryl methyl sites for hydroxylation is 2. The Balaban J connectivity index is 1.76. The summed E-state index contributed by atoms with van der Waals surface area (Å²) >= 11 is 0. The minimum absolute atomic E-state index is 0.0470. The van der Waals surface area contributed by atoms with Crippen molar-refractivity contribution in [3.05, 3.63) is 101 Å². The van der Waals surface area contributed by atoms with Crippen LogP contribution in [0.4, 0.5) is 5.69 Å². The second-order valence-corrected chi connectivity index (χ2v) is 8.43. The van der Waals surface area contributed by atoms with E-state index in [1.165, 1.54) is 4.68 Å². The van der Waals surface area contributed by atoms with Crippen LogP contribution in [0.3, 0.4) is 0 Å². The Hall–Kier alpha value is -4.72. The molecule has 2 aromatic heterocycles. The van der Waals surface area contributed by atoms with Crippen LogP contribution < -0.4 is 19.8 Å². The third-order valence-electron chi connectivity index (χ3n) is 6.32. The van der Waals surface area contributed by atoms with E-state index in [4.69, 9.17) is 4.74 Å². The number of rotatable bonds is 6. The van der Waals surface area contributed by atoms with Crippen LogP contribution in [0.2, 0.25) is 0 Å². The number of amides is 2. The number of nitrogens with one attached hydrogen (secondary N) is 1. The van der Waals surface area contributed by atoms with E-state index in [2.05, 4.69) is 5.10 Å². The molecular weight excluding hydrogens is 456 g/mol. The summed E-state index contributed by atoms with van der Waals surface area (Å²) in [7, 11) is 3.13. The van der Waals surface area contributed by atoms with Crippen LogP contribution >= 0.6 is 0 Å².